The summed E-state index contributed by atoms with van der Waals surface area (Å²) < 4.78 is 0. The second kappa shape index (κ2) is 12.8. The van der Waals surface area contributed by atoms with Gasteiger partial charge in [-0.2, -0.15) is 0 Å². The third-order valence-corrected chi connectivity index (χ3v) is 9.92. The Kier molecular flexibility index (Phi) is 7.61. The Labute approximate surface area is 293 Å². The van der Waals surface area contributed by atoms with Crippen molar-refractivity contribution in [1.82, 2.24) is 0 Å². The second-order valence-electron chi connectivity index (χ2n) is 12.8. The van der Waals surface area contributed by atoms with Gasteiger partial charge < -0.3 is 0 Å². The molecule has 0 heteroatoms. The standard InChI is InChI=1S/C50H34/c1-3-15-35(16-4-1)41-19-7-9-21-43(41)37-27-31-39(32-28-37)49-45-23-11-13-25-47(45)50(48-26-14-12-24-46(48)49)40-33-29-38(30-34-40)44-22-10-8-20-42(44)36-17-5-2-6-18-36/h1-34H. The van der Waals surface area contributed by atoms with Crippen LogP contribution >= 0.6 is 0 Å². The zero-order valence-electron chi connectivity index (χ0n) is 27.6. The molecule has 0 fully saturated rings. The molecule has 0 spiro atoms. The lowest BCUT2D eigenvalue weighted by Crippen LogP contribution is -1.91. The van der Waals surface area contributed by atoms with Gasteiger partial charge in [-0.25, -0.2) is 0 Å². The Morgan fingerprint density at radius 1 is 0.160 bits per heavy atom. The van der Waals surface area contributed by atoms with Crippen molar-refractivity contribution >= 4 is 21.5 Å². The number of hydrogen-bond donors (Lipinski definition) is 0. The molecular formula is C50H34. The van der Waals surface area contributed by atoms with Crippen LogP contribution < -0.4 is 0 Å². The number of benzene rings is 9. The molecule has 0 nitrogen and oxygen atoms in total. The molecule has 0 radical (unpaired) electrons. The van der Waals surface area contributed by atoms with E-state index in [0.717, 1.165) is 0 Å². The summed E-state index contributed by atoms with van der Waals surface area (Å²) in [5.74, 6) is 0. The average Bonchev–Trinajstić information content (AvgIpc) is 3.21. The van der Waals surface area contributed by atoms with Gasteiger partial charge in [0.05, 0.1) is 0 Å². The van der Waals surface area contributed by atoms with Crippen LogP contribution in [0.1, 0.15) is 0 Å². The third-order valence-electron chi connectivity index (χ3n) is 9.92. The number of fused-ring (bicyclic) bond motifs is 2. The predicted octanol–water partition coefficient (Wildman–Crippen LogP) is 14.0. The molecule has 0 aromatic heterocycles. The molecule has 0 bridgehead atoms. The zero-order chi connectivity index (χ0) is 33.3. The fraction of sp³-hybridized carbons (Fsp3) is 0. The first-order chi connectivity index (χ1) is 24.8. The number of rotatable bonds is 6. The summed E-state index contributed by atoms with van der Waals surface area (Å²) in [5.41, 5.74) is 14.9. The van der Waals surface area contributed by atoms with E-state index in [-0.39, 0.29) is 0 Å². The molecular weight excluding hydrogens is 601 g/mol. The normalized spacial score (nSPS) is 11.2. The van der Waals surface area contributed by atoms with E-state index in [0.29, 0.717) is 0 Å². The SMILES string of the molecule is c1ccc(-c2ccccc2-c2ccc(-c3c4ccccc4c(-c4ccc(-c5ccccc5-c5ccccc5)cc4)c4ccccc34)cc2)cc1. The molecule has 0 unspecified atom stereocenters. The first-order valence-electron chi connectivity index (χ1n) is 17.3. The summed E-state index contributed by atoms with van der Waals surface area (Å²) in [6.45, 7) is 0. The molecule has 0 saturated carbocycles. The van der Waals surface area contributed by atoms with Crippen LogP contribution in [0.4, 0.5) is 0 Å². The maximum atomic E-state index is 2.30. The second-order valence-corrected chi connectivity index (χ2v) is 12.8. The first-order valence-corrected chi connectivity index (χ1v) is 17.3. The largest absolute Gasteiger partial charge is 0.0622 e. The molecule has 0 saturated heterocycles. The minimum atomic E-state index is 1.22. The Morgan fingerprint density at radius 2 is 0.380 bits per heavy atom. The number of hydrogen-bond acceptors (Lipinski definition) is 0. The molecule has 0 atom stereocenters. The highest BCUT2D eigenvalue weighted by molar-refractivity contribution is 6.21. The predicted molar refractivity (Wildman–Crippen MR) is 214 cm³/mol. The Bertz CT molecular complexity index is 2350. The lowest BCUT2D eigenvalue weighted by Gasteiger charge is -2.18. The van der Waals surface area contributed by atoms with E-state index in [2.05, 4.69) is 206 Å². The zero-order valence-corrected chi connectivity index (χ0v) is 27.6. The van der Waals surface area contributed by atoms with Crippen molar-refractivity contribution in [2.75, 3.05) is 0 Å². The van der Waals surface area contributed by atoms with Gasteiger partial charge in [-0.1, -0.05) is 206 Å². The molecule has 234 valence electrons. The highest BCUT2D eigenvalue weighted by Crippen LogP contribution is 2.45. The van der Waals surface area contributed by atoms with Crippen LogP contribution in [0.3, 0.4) is 0 Å². The van der Waals surface area contributed by atoms with E-state index in [1.165, 1.54) is 88.3 Å². The summed E-state index contributed by atoms with van der Waals surface area (Å²) in [6, 6.07) is 74.8. The maximum absolute atomic E-state index is 2.30. The van der Waals surface area contributed by atoms with Gasteiger partial charge in [-0.05, 0) is 88.3 Å². The average molecular weight is 635 g/mol. The van der Waals surface area contributed by atoms with Crippen molar-refractivity contribution in [2.24, 2.45) is 0 Å². The summed E-state index contributed by atoms with van der Waals surface area (Å²) in [5, 5.41) is 5.04. The van der Waals surface area contributed by atoms with Crippen LogP contribution in [-0.2, 0) is 0 Å². The van der Waals surface area contributed by atoms with Crippen molar-refractivity contribution in [3.05, 3.63) is 206 Å². The highest BCUT2D eigenvalue weighted by atomic mass is 14.2. The quantitative estimate of drug-likeness (QED) is 0.160. The van der Waals surface area contributed by atoms with Crippen LogP contribution in [0.15, 0.2) is 206 Å². The van der Waals surface area contributed by atoms with Crippen LogP contribution in [-0.4, -0.2) is 0 Å². The van der Waals surface area contributed by atoms with Crippen molar-refractivity contribution in [3.8, 4) is 66.8 Å². The van der Waals surface area contributed by atoms with Gasteiger partial charge in [0, 0.05) is 0 Å². The van der Waals surface area contributed by atoms with Crippen molar-refractivity contribution in [2.45, 2.75) is 0 Å². The molecule has 50 heavy (non-hydrogen) atoms. The van der Waals surface area contributed by atoms with Crippen LogP contribution in [0.25, 0.3) is 88.3 Å². The third kappa shape index (κ3) is 5.28. The summed E-state index contributed by atoms with van der Waals surface area (Å²) in [7, 11) is 0. The minimum Gasteiger partial charge on any atom is -0.0622 e. The molecule has 0 aliphatic carbocycles. The van der Waals surface area contributed by atoms with Crippen molar-refractivity contribution in [1.29, 1.82) is 0 Å². The summed E-state index contributed by atoms with van der Waals surface area (Å²) in [4.78, 5) is 0. The molecule has 0 aliphatic rings. The smallest absolute Gasteiger partial charge is 0.00264 e. The molecule has 9 rings (SSSR count). The van der Waals surface area contributed by atoms with E-state index in [1.54, 1.807) is 0 Å². The molecule has 0 heterocycles. The molecule has 0 aliphatic heterocycles. The van der Waals surface area contributed by atoms with Crippen LogP contribution in [0.5, 0.6) is 0 Å². The monoisotopic (exact) mass is 634 g/mol. The van der Waals surface area contributed by atoms with E-state index in [1.807, 2.05) is 0 Å². The molecule has 9 aromatic carbocycles. The highest BCUT2D eigenvalue weighted by Gasteiger charge is 2.17. The molecule has 0 N–H and O–H groups in total. The van der Waals surface area contributed by atoms with E-state index < -0.39 is 0 Å². The first kappa shape index (κ1) is 29.6. The van der Waals surface area contributed by atoms with E-state index in [9.17, 15) is 0 Å². The van der Waals surface area contributed by atoms with Gasteiger partial charge in [0.2, 0.25) is 0 Å². The molecule has 0 amide bonds. The van der Waals surface area contributed by atoms with Gasteiger partial charge in [0.15, 0.2) is 0 Å². The lowest BCUT2D eigenvalue weighted by atomic mass is 9.85. The fourth-order valence-corrected chi connectivity index (χ4v) is 7.59. The summed E-state index contributed by atoms with van der Waals surface area (Å²) in [6.07, 6.45) is 0. The lowest BCUT2D eigenvalue weighted by molar-refractivity contribution is 1.57. The van der Waals surface area contributed by atoms with Gasteiger partial charge in [-0.15, -0.1) is 0 Å². The van der Waals surface area contributed by atoms with Crippen LogP contribution in [0, 0.1) is 0 Å². The van der Waals surface area contributed by atoms with Gasteiger partial charge in [0.1, 0.15) is 0 Å². The molecule has 9 aromatic rings. The van der Waals surface area contributed by atoms with Crippen LogP contribution in [0.2, 0.25) is 0 Å². The minimum absolute atomic E-state index is 1.22. The van der Waals surface area contributed by atoms with Crippen molar-refractivity contribution in [3.63, 3.8) is 0 Å². The van der Waals surface area contributed by atoms with Gasteiger partial charge in [-0.3, -0.25) is 0 Å². The van der Waals surface area contributed by atoms with E-state index >= 15 is 0 Å². The topological polar surface area (TPSA) is 0 Å². The van der Waals surface area contributed by atoms with Crippen molar-refractivity contribution < 1.29 is 0 Å². The van der Waals surface area contributed by atoms with Gasteiger partial charge >= 0.3 is 0 Å². The Balaban J connectivity index is 1.16. The fourth-order valence-electron chi connectivity index (χ4n) is 7.59. The Morgan fingerprint density at radius 3 is 0.680 bits per heavy atom. The van der Waals surface area contributed by atoms with E-state index in [4.69, 9.17) is 0 Å². The Hall–Kier alpha value is -6.50. The van der Waals surface area contributed by atoms with Gasteiger partial charge in [0.25, 0.3) is 0 Å². The maximum Gasteiger partial charge on any atom is -0.00264 e. The summed E-state index contributed by atoms with van der Waals surface area (Å²) >= 11 is 0.